The quantitative estimate of drug-likeness (QED) is 0.723. The summed E-state index contributed by atoms with van der Waals surface area (Å²) in [5.41, 5.74) is 2.30. The van der Waals surface area contributed by atoms with Crippen LogP contribution in [-0.4, -0.2) is 34.4 Å². The molecule has 28 heavy (non-hydrogen) atoms. The minimum atomic E-state index is -3.65. The number of aromatic nitrogens is 3. The van der Waals surface area contributed by atoms with E-state index in [1.165, 1.54) is 16.4 Å². The summed E-state index contributed by atoms with van der Waals surface area (Å²) in [5.74, 6) is 0.595. The molecule has 2 aromatic carbocycles. The van der Waals surface area contributed by atoms with E-state index >= 15 is 0 Å². The number of H-pyrrole nitrogens is 1. The van der Waals surface area contributed by atoms with Gasteiger partial charge in [0, 0.05) is 12.1 Å². The van der Waals surface area contributed by atoms with E-state index in [4.69, 9.17) is 0 Å². The molecule has 0 bridgehead atoms. The van der Waals surface area contributed by atoms with Crippen LogP contribution in [0.15, 0.2) is 47.4 Å². The Hall–Kier alpha value is -2.58. The molecule has 1 aromatic heterocycles. The zero-order chi connectivity index (χ0) is 19.9. The van der Waals surface area contributed by atoms with Gasteiger partial charge in [-0.3, -0.25) is 5.10 Å². The molecule has 0 unspecified atom stereocenters. The molecule has 6 nitrogen and oxygen atoms in total. The summed E-state index contributed by atoms with van der Waals surface area (Å²) in [6.45, 7) is 4.12. The van der Waals surface area contributed by atoms with Crippen LogP contribution in [0.25, 0.3) is 11.4 Å². The van der Waals surface area contributed by atoms with Crippen LogP contribution >= 0.6 is 0 Å². The number of hydrogen-bond acceptors (Lipinski definition) is 4. The largest absolute Gasteiger partial charge is 0.261 e. The summed E-state index contributed by atoms with van der Waals surface area (Å²) in [6.07, 6.45) is 1.42. The lowest BCUT2D eigenvalue weighted by atomic mass is 10.2. The normalized spacial score (nSPS) is 17.9. The molecule has 146 valence electrons. The monoisotopic (exact) mass is 400 g/mol. The number of nitrogens with one attached hydrogen (secondary N) is 1. The van der Waals surface area contributed by atoms with Gasteiger partial charge in [0.2, 0.25) is 10.0 Å². The van der Waals surface area contributed by atoms with E-state index in [0.29, 0.717) is 35.1 Å². The Morgan fingerprint density at radius 3 is 2.64 bits per heavy atom. The molecule has 2 heterocycles. The van der Waals surface area contributed by atoms with Crippen LogP contribution in [0.1, 0.15) is 35.8 Å². The lowest BCUT2D eigenvalue weighted by Gasteiger charge is -2.23. The molecule has 0 spiro atoms. The number of halogens is 1. The fourth-order valence-corrected chi connectivity index (χ4v) is 5.54. The maximum Gasteiger partial charge on any atom is 0.244 e. The molecular formula is C20H21FN4O2S. The maximum absolute atomic E-state index is 13.3. The van der Waals surface area contributed by atoms with Gasteiger partial charge < -0.3 is 0 Å². The van der Waals surface area contributed by atoms with Crippen molar-refractivity contribution >= 4 is 10.0 Å². The maximum atomic E-state index is 13.3. The molecule has 0 saturated carbocycles. The highest BCUT2D eigenvalue weighted by Crippen LogP contribution is 2.36. The minimum Gasteiger partial charge on any atom is -0.261 e. The number of benzene rings is 2. The van der Waals surface area contributed by atoms with E-state index in [1.807, 2.05) is 19.1 Å². The number of rotatable bonds is 4. The van der Waals surface area contributed by atoms with Gasteiger partial charge in [-0.1, -0.05) is 12.1 Å². The smallest absolute Gasteiger partial charge is 0.244 e. The van der Waals surface area contributed by atoms with Crippen LogP contribution in [0, 0.1) is 19.7 Å². The Balaban J connectivity index is 1.67. The highest BCUT2D eigenvalue weighted by atomic mass is 32.2. The van der Waals surface area contributed by atoms with Crippen molar-refractivity contribution in [1.29, 1.82) is 0 Å². The van der Waals surface area contributed by atoms with E-state index in [1.54, 1.807) is 25.1 Å². The number of hydrogen-bond donors (Lipinski definition) is 1. The van der Waals surface area contributed by atoms with Gasteiger partial charge in [-0.15, -0.1) is 0 Å². The molecular weight excluding hydrogens is 379 g/mol. The summed E-state index contributed by atoms with van der Waals surface area (Å²) in [5, 5.41) is 7.08. The first-order valence-corrected chi connectivity index (χ1v) is 10.6. The molecule has 3 aromatic rings. The number of nitrogens with zero attached hydrogens (tertiary/aromatic N) is 3. The summed E-state index contributed by atoms with van der Waals surface area (Å²) < 4.78 is 41.3. The summed E-state index contributed by atoms with van der Waals surface area (Å²) in [6, 6.07) is 10.9. The molecule has 1 aliphatic heterocycles. The van der Waals surface area contributed by atoms with Crippen molar-refractivity contribution in [1.82, 2.24) is 19.5 Å². The number of sulfonamides is 1. The standard InChI is InChI=1S/C20H21FN4O2S/c1-13-5-6-14(2)18(12-13)28(26,27)25-11-3-4-17(25)20-22-19(23-24-20)15-7-9-16(21)10-8-15/h5-10,12,17H,3-4,11H2,1-2H3,(H,22,23,24)/t17-/m0/s1. The number of aromatic amines is 1. The first kappa shape index (κ1) is 18.8. The second kappa shape index (κ2) is 7.10. The van der Waals surface area contributed by atoms with Crippen molar-refractivity contribution in [2.45, 2.75) is 37.6 Å². The average molecular weight is 400 g/mol. The number of aryl methyl sites for hydroxylation is 2. The SMILES string of the molecule is Cc1ccc(C)c(S(=O)(=O)N2CCC[C@H]2c2nc(-c3ccc(F)cc3)n[nH]2)c1. The first-order valence-electron chi connectivity index (χ1n) is 9.13. The van der Waals surface area contributed by atoms with Crippen LogP contribution in [0.5, 0.6) is 0 Å². The molecule has 0 amide bonds. The Bertz CT molecular complexity index is 1110. The highest BCUT2D eigenvalue weighted by molar-refractivity contribution is 7.89. The van der Waals surface area contributed by atoms with Gasteiger partial charge in [0.15, 0.2) is 5.82 Å². The van der Waals surface area contributed by atoms with Crippen molar-refractivity contribution in [2.75, 3.05) is 6.54 Å². The van der Waals surface area contributed by atoms with Crippen molar-refractivity contribution < 1.29 is 12.8 Å². The fraction of sp³-hybridized carbons (Fsp3) is 0.300. The molecule has 1 atom stereocenters. The second-order valence-electron chi connectivity index (χ2n) is 7.09. The lowest BCUT2D eigenvalue weighted by molar-refractivity contribution is 0.384. The Morgan fingerprint density at radius 1 is 1.14 bits per heavy atom. The van der Waals surface area contributed by atoms with Gasteiger partial charge >= 0.3 is 0 Å². The second-order valence-corrected chi connectivity index (χ2v) is 8.95. The van der Waals surface area contributed by atoms with Crippen molar-refractivity contribution in [3.05, 3.63) is 65.2 Å². The fourth-order valence-electron chi connectivity index (χ4n) is 3.56. The van der Waals surface area contributed by atoms with Crippen LogP contribution < -0.4 is 0 Å². The van der Waals surface area contributed by atoms with Crippen LogP contribution in [-0.2, 0) is 10.0 Å². The highest BCUT2D eigenvalue weighted by Gasteiger charge is 2.38. The van der Waals surface area contributed by atoms with E-state index in [0.717, 1.165) is 17.5 Å². The average Bonchev–Trinajstić information content (AvgIpc) is 3.33. The van der Waals surface area contributed by atoms with E-state index in [9.17, 15) is 12.8 Å². The van der Waals surface area contributed by atoms with Gasteiger partial charge in [0.05, 0.1) is 10.9 Å². The first-order chi connectivity index (χ1) is 13.4. The van der Waals surface area contributed by atoms with Crippen molar-refractivity contribution in [2.24, 2.45) is 0 Å². The van der Waals surface area contributed by atoms with Gasteiger partial charge in [0.25, 0.3) is 0 Å². The van der Waals surface area contributed by atoms with E-state index < -0.39 is 16.1 Å². The molecule has 0 aliphatic carbocycles. The van der Waals surface area contributed by atoms with E-state index in [2.05, 4.69) is 15.2 Å². The third-order valence-corrected chi connectivity index (χ3v) is 7.10. The lowest BCUT2D eigenvalue weighted by Crippen LogP contribution is -2.31. The van der Waals surface area contributed by atoms with Gasteiger partial charge in [-0.25, -0.2) is 17.8 Å². The van der Waals surface area contributed by atoms with Crippen LogP contribution in [0.3, 0.4) is 0 Å². The summed E-state index contributed by atoms with van der Waals surface area (Å²) in [7, 11) is -3.65. The predicted octanol–water partition coefficient (Wildman–Crippen LogP) is 3.75. The Morgan fingerprint density at radius 2 is 1.89 bits per heavy atom. The Labute approximate surface area is 163 Å². The minimum absolute atomic E-state index is 0.331. The van der Waals surface area contributed by atoms with Gasteiger partial charge in [-0.2, -0.15) is 9.40 Å². The molecule has 1 N–H and O–H groups in total. The molecule has 8 heteroatoms. The molecule has 1 aliphatic rings. The molecule has 1 saturated heterocycles. The van der Waals surface area contributed by atoms with Crippen LogP contribution in [0.2, 0.25) is 0 Å². The van der Waals surface area contributed by atoms with E-state index in [-0.39, 0.29) is 5.82 Å². The Kier molecular flexibility index (Phi) is 4.76. The zero-order valence-corrected chi connectivity index (χ0v) is 16.5. The predicted molar refractivity (Wildman–Crippen MR) is 104 cm³/mol. The third-order valence-electron chi connectivity index (χ3n) is 5.05. The molecule has 4 rings (SSSR count). The van der Waals surface area contributed by atoms with Crippen LogP contribution in [0.4, 0.5) is 4.39 Å². The summed E-state index contributed by atoms with van der Waals surface area (Å²) >= 11 is 0. The van der Waals surface area contributed by atoms with Crippen molar-refractivity contribution in [3.8, 4) is 11.4 Å². The molecule has 0 radical (unpaired) electrons. The van der Waals surface area contributed by atoms with Crippen molar-refractivity contribution in [3.63, 3.8) is 0 Å². The third kappa shape index (κ3) is 3.33. The zero-order valence-electron chi connectivity index (χ0n) is 15.7. The van der Waals surface area contributed by atoms with Gasteiger partial charge in [-0.05, 0) is 68.1 Å². The topological polar surface area (TPSA) is 79.0 Å². The summed E-state index contributed by atoms with van der Waals surface area (Å²) in [4.78, 5) is 4.83. The van der Waals surface area contributed by atoms with Gasteiger partial charge in [0.1, 0.15) is 11.6 Å². The molecule has 1 fully saturated rings.